The van der Waals surface area contributed by atoms with Crippen LogP contribution in [0.15, 0.2) is 53.8 Å². The van der Waals surface area contributed by atoms with Crippen molar-refractivity contribution in [1.82, 2.24) is 40.3 Å². The number of sulfonamides is 1. The van der Waals surface area contributed by atoms with Crippen molar-refractivity contribution in [3.8, 4) is 11.4 Å². The summed E-state index contributed by atoms with van der Waals surface area (Å²) in [7, 11) is -3.89. The highest BCUT2D eigenvalue weighted by Crippen LogP contribution is 2.22. The minimum atomic E-state index is -3.89. The molecule has 0 fully saturated rings. The summed E-state index contributed by atoms with van der Waals surface area (Å²) in [5, 5.41) is 19.0. The highest BCUT2D eigenvalue weighted by atomic mass is 32.2. The molecule has 0 saturated carbocycles. The number of hydrogen-bond acceptors (Lipinski definition) is 10. The van der Waals surface area contributed by atoms with Gasteiger partial charge in [0.05, 0.1) is 10.5 Å². The van der Waals surface area contributed by atoms with E-state index < -0.39 is 15.8 Å². The fraction of sp³-hybridized carbons (Fsp3) is 0.158. The first-order valence-corrected chi connectivity index (χ1v) is 11.2. The normalized spacial score (nSPS) is 11.3. The van der Waals surface area contributed by atoms with E-state index in [1.807, 2.05) is 19.1 Å². The minimum absolute atomic E-state index is 0.0414. The monoisotopic (exact) mass is 470 g/mol. The van der Waals surface area contributed by atoms with E-state index in [2.05, 4.69) is 50.9 Å². The Morgan fingerprint density at radius 1 is 1.00 bits per heavy atom. The van der Waals surface area contributed by atoms with Crippen LogP contribution in [0.25, 0.3) is 11.4 Å². The van der Waals surface area contributed by atoms with E-state index in [9.17, 15) is 12.8 Å². The van der Waals surface area contributed by atoms with E-state index in [4.69, 9.17) is 0 Å². The van der Waals surface area contributed by atoms with Crippen molar-refractivity contribution in [2.75, 3.05) is 23.7 Å². The molecule has 0 unspecified atom stereocenters. The van der Waals surface area contributed by atoms with Gasteiger partial charge in [0.1, 0.15) is 29.6 Å². The topological polar surface area (TPSA) is 163 Å². The number of aromatic nitrogens is 7. The predicted molar refractivity (Wildman–Crippen MR) is 118 cm³/mol. The number of tetrazole rings is 1. The first-order valence-electron chi connectivity index (χ1n) is 9.69. The third-order valence-corrected chi connectivity index (χ3v) is 5.85. The first-order chi connectivity index (χ1) is 15.9. The van der Waals surface area contributed by atoms with Gasteiger partial charge in [0, 0.05) is 25.4 Å². The lowest BCUT2D eigenvalue weighted by Crippen LogP contribution is -2.29. The zero-order valence-electron chi connectivity index (χ0n) is 17.3. The van der Waals surface area contributed by atoms with Crippen molar-refractivity contribution in [3.05, 3.63) is 60.3 Å². The number of hydrogen-bond donors (Lipinski definition) is 4. The zero-order chi connectivity index (χ0) is 23.3. The third-order valence-electron chi connectivity index (χ3n) is 4.40. The summed E-state index contributed by atoms with van der Waals surface area (Å²) >= 11 is 0. The molecular weight excluding hydrogens is 451 g/mol. The molecule has 4 aromatic rings. The van der Waals surface area contributed by atoms with Gasteiger partial charge in [0.15, 0.2) is 0 Å². The summed E-state index contributed by atoms with van der Waals surface area (Å²) in [6, 6.07) is 8.79. The SMILES string of the molecule is Cc1ccnc(Nc2cc(NCCNS(=O)(=O)c3ccc(F)c(-c4nn[nH]n4)c3)ncn2)c1. The van der Waals surface area contributed by atoms with E-state index in [0.29, 0.717) is 17.5 Å². The summed E-state index contributed by atoms with van der Waals surface area (Å²) in [5.74, 6) is 0.977. The molecule has 3 heterocycles. The number of H-pyrrole nitrogens is 1. The molecule has 12 nitrogen and oxygen atoms in total. The number of anilines is 3. The Labute approximate surface area is 188 Å². The maximum Gasteiger partial charge on any atom is 0.240 e. The molecule has 0 aliphatic carbocycles. The average molecular weight is 470 g/mol. The number of halogens is 1. The van der Waals surface area contributed by atoms with Crippen molar-refractivity contribution in [2.45, 2.75) is 11.8 Å². The molecule has 170 valence electrons. The number of rotatable bonds is 9. The fourth-order valence-electron chi connectivity index (χ4n) is 2.84. The lowest BCUT2D eigenvalue weighted by molar-refractivity contribution is 0.582. The van der Waals surface area contributed by atoms with Gasteiger partial charge < -0.3 is 10.6 Å². The highest BCUT2D eigenvalue weighted by Gasteiger charge is 2.18. The van der Waals surface area contributed by atoms with Gasteiger partial charge in [-0.05, 0) is 48.0 Å². The molecule has 0 atom stereocenters. The van der Waals surface area contributed by atoms with Crippen LogP contribution in [-0.2, 0) is 10.0 Å². The largest absolute Gasteiger partial charge is 0.369 e. The maximum absolute atomic E-state index is 14.0. The van der Waals surface area contributed by atoms with Crippen molar-refractivity contribution in [3.63, 3.8) is 0 Å². The van der Waals surface area contributed by atoms with Gasteiger partial charge in [0.2, 0.25) is 15.8 Å². The highest BCUT2D eigenvalue weighted by molar-refractivity contribution is 7.89. The molecule has 33 heavy (non-hydrogen) atoms. The van der Waals surface area contributed by atoms with Crippen molar-refractivity contribution in [2.24, 2.45) is 0 Å². The van der Waals surface area contributed by atoms with Crippen LogP contribution in [0.5, 0.6) is 0 Å². The second kappa shape index (κ2) is 9.62. The Morgan fingerprint density at radius 3 is 2.61 bits per heavy atom. The second-order valence-electron chi connectivity index (χ2n) is 6.83. The van der Waals surface area contributed by atoms with E-state index >= 15 is 0 Å². The first kappa shape index (κ1) is 22.2. The summed E-state index contributed by atoms with van der Waals surface area (Å²) in [6.45, 7) is 2.26. The Balaban J connectivity index is 1.35. The molecule has 0 aliphatic heterocycles. The summed E-state index contributed by atoms with van der Waals surface area (Å²) < 4.78 is 41.7. The van der Waals surface area contributed by atoms with Crippen LogP contribution in [0, 0.1) is 12.7 Å². The van der Waals surface area contributed by atoms with Gasteiger partial charge in [-0.1, -0.05) is 0 Å². The molecule has 1 aromatic carbocycles. The Kier molecular flexibility index (Phi) is 6.46. The van der Waals surface area contributed by atoms with Crippen LogP contribution in [-0.4, -0.2) is 57.1 Å². The minimum Gasteiger partial charge on any atom is -0.369 e. The van der Waals surface area contributed by atoms with Gasteiger partial charge in [-0.15, -0.1) is 10.2 Å². The van der Waals surface area contributed by atoms with Crippen LogP contribution in [0.4, 0.5) is 21.8 Å². The Bertz CT molecular complexity index is 1350. The van der Waals surface area contributed by atoms with Gasteiger partial charge in [0.25, 0.3) is 0 Å². The quantitative estimate of drug-likeness (QED) is 0.264. The number of aryl methyl sites for hydroxylation is 1. The zero-order valence-corrected chi connectivity index (χ0v) is 18.1. The van der Waals surface area contributed by atoms with Crippen LogP contribution >= 0.6 is 0 Å². The number of benzene rings is 1. The molecule has 0 amide bonds. The van der Waals surface area contributed by atoms with Gasteiger partial charge in [-0.3, -0.25) is 0 Å². The van der Waals surface area contributed by atoms with Crippen molar-refractivity contribution >= 4 is 27.5 Å². The molecule has 0 aliphatic rings. The molecule has 0 spiro atoms. The summed E-state index contributed by atoms with van der Waals surface area (Å²) in [5.41, 5.74) is 0.978. The van der Waals surface area contributed by atoms with Crippen LogP contribution < -0.4 is 15.4 Å². The Morgan fingerprint density at radius 2 is 1.82 bits per heavy atom. The molecule has 0 saturated heterocycles. The molecule has 0 radical (unpaired) electrons. The van der Waals surface area contributed by atoms with Crippen LogP contribution in [0.2, 0.25) is 0 Å². The summed E-state index contributed by atoms with van der Waals surface area (Å²) in [4.78, 5) is 12.4. The molecule has 0 bridgehead atoms. The molecule has 3 aromatic heterocycles. The molecule has 14 heteroatoms. The molecule has 4 N–H and O–H groups in total. The second-order valence-corrected chi connectivity index (χ2v) is 8.60. The van der Waals surface area contributed by atoms with Crippen molar-refractivity contribution < 1.29 is 12.8 Å². The summed E-state index contributed by atoms with van der Waals surface area (Å²) in [6.07, 6.45) is 3.07. The number of aromatic amines is 1. The average Bonchev–Trinajstić information content (AvgIpc) is 3.32. The van der Waals surface area contributed by atoms with E-state index in [-0.39, 0.29) is 29.4 Å². The van der Waals surface area contributed by atoms with Crippen LogP contribution in [0.3, 0.4) is 0 Å². The lowest BCUT2D eigenvalue weighted by atomic mass is 10.2. The number of nitrogens with zero attached hydrogens (tertiary/aromatic N) is 6. The van der Waals surface area contributed by atoms with Crippen molar-refractivity contribution in [1.29, 1.82) is 0 Å². The lowest BCUT2D eigenvalue weighted by Gasteiger charge is -2.10. The van der Waals surface area contributed by atoms with Crippen LogP contribution in [0.1, 0.15) is 5.56 Å². The van der Waals surface area contributed by atoms with E-state index in [0.717, 1.165) is 23.8 Å². The van der Waals surface area contributed by atoms with Gasteiger partial charge in [-0.2, -0.15) is 5.21 Å². The molecular formula is C19H19FN10O2S. The van der Waals surface area contributed by atoms with E-state index in [1.54, 1.807) is 12.3 Å². The van der Waals surface area contributed by atoms with Gasteiger partial charge in [-0.25, -0.2) is 32.5 Å². The Hall–Kier alpha value is -4.04. The van der Waals surface area contributed by atoms with E-state index in [1.165, 1.54) is 6.33 Å². The number of pyridine rings is 1. The third kappa shape index (κ3) is 5.61. The maximum atomic E-state index is 14.0. The number of nitrogens with one attached hydrogen (secondary N) is 4. The fourth-order valence-corrected chi connectivity index (χ4v) is 3.89. The smallest absolute Gasteiger partial charge is 0.240 e. The standard InChI is InChI=1S/C19H19FN10O2S/c1-12-4-5-21-17(8-12)26-18-10-16(23-11-24-18)22-6-7-25-33(31,32)13-2-3-15(20)14(9-13)19-27-29-30-28-19/h2-5,8-11,25H,6-7H2,1H3,(H,27,28,29,30)(H2,21,22,23,24,26). The predicted octanol–water partition coefficient (Wildman–Crippen LogP) is 1.63. The van der Waals surface area contributed by atoms with Gasteiger partial charge >= 0.3 is 0 Å². The molecule has 4 rings (SSSR count).